The van der Waals surface area contributed by atoms with E-state index in [9.17, 15) is 9.59 Å². The maximum atomic E-state index is 12.0. The Morgan fingerprint density at radius 2 is 2.25 bits per heavy atom. The third-order valence-electron chi connectivity index (χ3n) is 2.73. The lowest BCUT2D eigenvalue weighted by Crippen LogP contribution is -2.31. The highest BCUT2D eigenvalue weighted by Crippen LogP contribution is 2.20. The second-order valence-corrected chi connectivity index (χ2v) is 4.81. The Hall–Kier alpha value is -2.28. The average Bonchev–Trinajstić information content (AvgIpc) is 2.79. The molecule has 1 aromatic carbocycles. The van der Waals surface area contributed by atoms with Crippen LogP contribution in [0.3, 0.4) is 0 Å². The number of amides is 2. The molecule has 0 radical (unpaired) electrons. The summed E-state index contributed by atoms with van der Waals surface area (Å²) in [7, 11) is 1.60. The van der Waals surface area contributed by atoms with Crippen LogP contribution in [0.1, 0.15) is 11.4 Å². The largest absolute Gasteiger partial charge is 0.340 e. The number of anilines is 1. The zero-order chi connectivity index (χ0) is 14.7. The number of hydrogen-bond donors (Lipinski definition) is 3. The Balaban J connectivity index is 2.04. The third-order valence-corrected chi connectivity index (χ3v) is 2.96. The van der Waals surface area contributed by atoms with Gasteiger partial charge in [-0.15, -0.1) is 0 Å². The van der Waals surface area contributed by atoms with E-state index in [2.05, 4.69) is 20.5 Å². The van der Waals surface area contributed by atoms with Crippen molar-refractivity contribution in [3.05, 3.63) is 45.1 Å². The number of benzene rings is 1. The van der Waals surface area contributed by atoms with Crippen molar-refractivity contribution >= 4 is 23.3 Å². The standard InChI is InChI=1S/C12H14ClN5O2/c1-7-3-4-8(13)5-9(7)14-12(20)18(2)6-10-15-11(19)17-16-10/h3-5H,6H2,1-2H3,(H,14,20)(H2,15,16,17,19). The molecule has 0 fully saturated rings. The first-order chi connectivity index (χ1) is 9.45. The summed E-state index contributed by atoms with van der Waals surface area (Å²) in [6.07, 6.45) is 0. The van der Waals surface area contributed by atoms with Gasteiger partial charge in [-0.1, -0.05) is 17.7 Å². The molecule has 0 unspecified atom stereocenters. The summed E-state index contributed by atoms with van der Waals surface area (Å²) in [5.41, 5.74) is 1.15. The summed E-state index contributed by atoms with van der Waals surface area (Å²) in [5.74, 6) is 0.385. The number of carbonyl (C=O) groups is 1. The van der Waals surface area contributed by atoms with Crippen LogP contribution in [-0.2, 0) is 6.54 Å². The number of aromatic nitrogens is 3. The van der Waals surface area contributed by atoms with Gasteiger partial charge in [-0.05, 0) is 24.6 Å². The minimum absolute atomic E-state index is 0.185. The number of H-pyrrole nitrogens is 2. The van der Waals surface area contributed by atoms with Crippen LogP contribution >= 0.6 is 11.6 Å². The van der Waals surface area contributed by atoms with Gasteiger partial charge in [0, 0.05) is 17.8 Å². The number of nitrogens with zero attached hydrogens (tertiary/aromatic N) is 2. The van der Waals surface area contributed by atoms with Crippen LogP contribution in [0.15, 0.2) is 23.0 Å². The molecule has 20 heavy (non-hydrogen) atoms. The van der Waals surface area contributed by atoms with E-state index in [1.165, 1.54) is 4.90 Å². The van der Waals surface area contributed by atoms with Crippen LogP contribution in [-0.4, -0.2) is 33.2 Å². The number of nitrogens with one attached hydrogen (secondary N) is 3. The molecule has 0 saturated carbocycles. The average molecular weight is 296 g/mol. The first-order valence-electron chi connectivity index (χ1n) is 5.87. The van der Waals surface area contributed by atoms with E-state index in [-0.39, 0.29) is 12.6 Å². The van der Waals surface area contributed by atoms with Gasteiger partial charge >= 0.3 is 11.7 Å². The minimum Gasteiger partial charge on any atom is -0.320 e. The fourth-order valence-corrected chi connectivity index (χ4v) is 1.79. The quantitative estimate of drug-likeness (QED) is 0.805. The van der Waals surface area contributed by atoms with Crippen molar-refractivity contribution in [1.82, 2.24) is 20.1 Å². The van der Waals surface area contributed by atoms with Crippen LogP contribution in [0.25, 0.3) is 0 Å². The maximum absolute atomic E-state index is 12.0. The number of hydrogen-bond acceptors (Lipinski definition) is 3. The van der Waals surface area contributed by atoms with Crippen molar-refractivity contribution in [1.29, 1.82) is 0 Å². The summed E-state index contributed by atoms with van der Waals surface area (Å²) < 4.78 is 0. The molecular formula is C12H14ClN5O2. The van der Waals surface area contributed by atoms with E-state index in [1.807, 2.05) is 13.0 Å². The lowest BCUT2D eigenvalue weighted by molar-refractivity contribution is 0.219. The molecule has 0 atom stereocenters. The van der Waals surface area contributed by atoms with E-state index in [0.717, 1.165) is 5.56 Å². The molecular weight excluding hydrogens is 282 g/mol. The van der Waals surface area contributed by atoms with Crippen LogP contribution in [0.4, 0.5) is 10.5 Å². The van der Waals surface area contributed by atoms with Gasteiger partial charge in [-0.3, -0.25) is 4.98 Å². The van der Waals surface area contributed by atoms with Gasteiger partial charge in [0.15, 0.2) is 5.82 Å². The van der Waals surface area contributed by atoms with E-state index in [1.54, 1.807) is 19.2 Å². The number of halogens is 1. The monoisotopic (exact) mass is 295 g/mol. The lowest BCUT2D eigenvalue weighted by Gasteiger charge is -2.17. The molecule has 1 heterocycles. The number of carbonyl (C=O) groups excluding carboxylic acids is 1. The summed E-state index contributed by atoms with van der Waals surface area (Å²) in [4.78, 5) is 26.8. The van der Waals surface area contributed by atoms with Gasteiger partial charge in [-0.2, -0.15) is 5.10 Å². The zero-order valence-corrected chi connectivity index (χ0v) is 11.8. The molecule has 0 bridgehead atoms. The summed E-state index contributed by atoms with van der Waals surface area (Å²) in [6.45, 7) is 2.06. The third kappa shape index (κ3) is 3.39. The fourth-order valence-electron chi connectivity index (χ4n) is 1.62. The Morgan fingerprint density at radius 1 is 1.50 bits per heavy atom. The van der Waals surface area contributed by atoms with Crippen molar-refractivity contribution in [2.75, 3.05) is 12.4 Å². The number of rotatable bonds is 3. The Kier molecular flexibility index (Phi) is 4.09. The van der Waals surface area contributed by atoms with E-state index in [4.69, 9.17) is 11.6 Å². The Bertz CT molecular complexity index is 678. The number of aryl methyl sites for hydroxylation is 1. The molecule has 0 aliphatic heterocycles. The summed E-state index contributed by atoms with van der Waals surface area (Å²) in [6, 6.07) is 4.94. The van der Waals surface area contributed by atoms with Crippen LogP contribution < -0.4 is 11.0 Å². The first kappa shape index (κ1) is 14.1. The highest BCUT2D eigenvalue weighted by molar-refractivity contribution is 6.31. The summed E-state index contributed by atoms with van der Waals surface area (Å²) in [5, 5.41) is 9.28. The molecule has 2 rings (SSSR count). The van der Waals surface area contributed by atoms with Crippen molar-refractivity contribution < 1.29 is 4.79 Å². The molecule has 3 N–H and O–H groups in total. The first-order valence-corrected chi connectivity index (χ1v) is 6.25. The van der Waals surface area contributed by atoms with Gasteiger partial charge in [0.1, 0.15) is 0 Å². The molecule has 8 heteroatoms. The molecule has 1 aromatic heterocycles. The molecule has 7 nitrogen and oxygen atoms in total. The SMILES string of the molecule is Cc1ccc(Cl)cc1NC(=O)N(C)Cc1n[nH]c(=O)[nH]1. The topological polar surface area (TPSA) is 93.9 Å². The minimum atomic E-state index is -0.403. The van der Waals surface area contributed by atoms with Gasteiger partial charge < -0.3 is 10.2 Å². The van der Waals surface area contributed by atoms with Crippen molar-refractivity contribution in [2.24, 2.45) is 0 Å². The normalized spacial score (nSPS) is 10.3. The Morgan fingerprint density at radius 3 is 2.90 bits per heavy atom. The fraction of sp³-hybridized carbons (Fsp3) is 0.250. The van der Waals surface area contributed by atoms with Crippen molar-refractivity contribution in [2.45, 2.75) is 13.5 Å². The van der Waals surface area contributed by atoms with Gasteiger partial charge in [-0.25, -0.2) is 14.7 Å². The summed E-state index contributed by atoms with van der Waals surface area (Å²) >= 11 is 5.89. The molecule has 0 aliphatic rings. The van der Waals surface area contributed by atoms with Crippen LogP contribution in [0.2, 0.25) is 5.02 Å². The molecule has 2 aromatic rings. The lowest BCUT2D eigenvalue weighted by atomic mass is 10.2. The van der Waals surface area contributed by atoms with Crippen LogP contribution in [0, 0.1) is 6.92 Å². The second-order valence-electron chi connectivity index (χ2n) is 4.37. The van der Waals surface area contributed by atoms with Crippen molar-refractivity contribution in [3.63, 3.8) is 0 Å². The van der Waals surface area contributed by atoms with Gasteiger partial charge in [0.05, 0.1) is 6.54 Å². The van der Waals surface area contributed by atoms with Crippen LogP contribution in [0.5, 0.6) is 0 Å². The molecule has 0 aliphatic carbocycles. The highest BCUT2D eigenvalue weighted by Gasteiger charge is 2.12. The van der Waals surface area contributed by atoms with Gasteiger partial charge in [0.25, 0.3) is 0 Å². The number of urea groups is 1. The predicted molar refractivity (Wildman–Crippen MR) is 75.9 cm³/mol. The van der Waals surface area contributed by atoms with Crippen molar-refractivity contribution in [3.8, 4) is 0 Å². The second kappa shape index (κ2) is 5.79. The zero-order valence-electron chi connectivity index (χ0n) is 11.0. The molecule has 106 valence electrons. The van der Waals surface area contributed by atoms with Gasteiger partial charge in [0.2, 0.25) is 0 Å². The molecule has 2 amide bonds. The highest BCUT2D eigenvalue weighted by atomic mass is 35.5. The van der Waals surface area contributed by atoms with E-state index < -0.39 is 5.69 Å². The number of aromatic amines is 2. The Labute approximate surface area is 120 Å². The molecule has 0 saturated heterocycles. The smallest absolute Gasteiger partial charge is 0.320 e. The van der Waals surface area contributed by atoms with E-state index in [0.29, 0.717) is 16.5 Å². The predicted octanol–water partition coefficient (Wildman–Crippen LogP) is 1.72. The molecule has 0 spiro atoms. The van der Waals surface area contributed by atoms with E-state index >= 15 is 0 Å². The maximum Gasteiger partial charge on any atom is 0.340 e.